The highest BCUT2D eigenvalue weighted by Crippen LogP contribution is 2.21. The van der Waals surface area contributed by atoms with Gasteiger partial charge in [-0.3, -0.25) is 4.79 Å². The Bertz CT molecular complexity index is 942. The van der Waals surface area contributed by atoms with Crippen LogP contribution in [-0.4, -0.2) is 20.7 Å². The van der Waals surface area contributed by atoms with Crippen LogP contribution in [0.5, 0.6) is 0 Å². The molecular weight excluding hydrogens is 350 g/mol. The molecule has 1 N–H and O–H groups in total. The number of benzene rings is 1. The largest absolute Gasteiger partial charge is 0.305 e. The number of amides is 1. The van der Waals surface area contributed by atoms with Gasteiger partial charge in [0, 0.05) is 16.7 Å². The maximum atomic E-state index is 13.7. The third kappa shape index (κ3) is 3.66. The number of hydrogen-bond acceptors (Lipinski definition) is 3. The van der Waals surface area contributed by atoms with Crippen LogP contribution in [0, 0.1) is 18.6 Å². The number of carbonyl (C=O) groups excluding carboxylic acids is 1. The smallest absolute Gasteiger partial charge is 0.278 e. The van der Waals surface area contributed by atoms with Gasteiger partial charge in [-0.15, -0.1) is 0 Å². The molecule has 2 heterocycles. The molecule has 0 aliphatic carbocycles. The summed E-state index contributed by atoms with van der Waals surface area (Å²) in [6, 6.07) is 7.85. The highest BCUT2D eigenvalue weighted by molar-refractivity contribution is 6.31. The molecule has 0 radical (unpaired) electrons. The number of hydrogen-bond donors (Lipinski definition) is 1. The zero-order valence-electron chi connectivity index (χ0n) is 13.1. The predicted molar refractivity (Wildman–Crippen MR) is 89.6 cm³/mol. The van der Waals surface area contributed by atoms with Crippen LogP contribution in [0.15, 0.2) is 42.7 Å². The van der Waals surface area contributed by atoms with Crippen LogP contribution in [0.4, 0.5) is 14.6 Å². The van der Waals surface area contributed by atoms with E-state index in [1.807, 2.05) is 18.2 Å². The number of pyridine rings is 1. The van der Waals surface area contributed by atoms with Gasteiger partial charge in [-0.25, -0.2) is 18.4 Å². The van der Waals surface area contributed by atoms with Crippen LogP contribution < -0.4 is 5.32 Å². The van der Waals surface area contributed by atoms with Crippen LogP contribution >= 0.6 is 11.6 Å². The molecule has 0 spiro atoms. The van der Waals surface area contributed by atoms with Crippen molar-refractivity contribution in [3.8, 4) is 0 Å². The molecular formula is C17H13ClF2N4O. The van der Waals surface area contributed by atoms with Crippen LogP contribution in [0.25, 0.3) is 0 Å². The number of rotatable bonds is 4. The molecule has 5 nitrogen and oxygen atoms in total. The van der Waals surface area contributed by atoms with Gasteiger partial charge >= 0.3 is 0 Å². The Labute approximate surface area is 147 Å². The van der Waals surface area contributed by atoms with Crippen molar-refractivity contribution in [2.45, 2.75) is 13.5 Å². The van der Waals surface area contributed by atoms with E-state index >= 15 is 0 Å². The zero-order valence-corrected chi connectivity index (χ0v) is 13.9. The number of nitrogens with one attached hydrogen (secondary N) is 1. The van der Waals surface area contributed by atoms with Crippen molar-refractivity contribution in [1.29, 1.82) is 0 Å². The number of aryl methyl sites for hydroxylation is 1. The highest BCUT2D eigenvalue weighted by Gasteiger charge is 2.18. The number of carbonyl (C=O) groups is 1. The Hall–Kier alpha value is -2.80. The molecule has 0 aliphatic rings. The number of halogens is 3. The first kappa shape index (κ1) is 17.0. The minimum Gasteiger partial charge on any atom is -0.305 e. The van der Waals surface area contributed by atoms with E-state index in [9.17, 15) is 13.6 Å². The zero-order chi connectivity index (χ0) is 18.0. The fourth-order valence-electron chi connectivity index (χ4n) is 2.30. The summed E-state index contributed by atoms with van der Waals surface area (Å²) in [5, 5.41) is 7.34. The van der Waals surface area contributed by atoms with E-state index in [1.54, 1.807) is 19.2 Å². The van der Waals surface area contributed by atoms with Crippen molar-refractivity contribution in [2.24, 2.45) is 0 Å². The Balaban J connectivity index is 1.87. The van der Waals surface area contributed by atoms with E-state index in [4.69, 9.17) is 11.6 Å². The number of nitrogens with zero attached hydrogens (tertiary/aromatic N) is 3. The molecule has 8 heteroatoms. The molecule has 0 saturated carbocycles. The fraction of sp³-hybridized carbons (Fsp3) is 0.118. The summed E-state index contributed by atoms with van der Waals surface area (Å²) in [6.07, 6.45) is 2.35. The summed E-state index contributed by atoms with van der Waals surface area (Å²) in [6.45, 7) is 2.07. The van der Waals surface area contributed by atoms with E-state index < -0.39 is 23.2 Å². The van der Waals surface area contributed by atoms with Crippen molar-refractivity contribution in [3.05, 3.63) is 76.2 Å². The molecule has 3 rings (SSSR count). The van der Waals surface area contributed by atoms with Crippen molar-refractivity contribution in [1.82, 2.24) is 14.8 Å². The Morgan fingerprint density at radius 3 is 2.76 bits per heavy atom. The van der Waals surface area contributed by atoms with Gasteiger partial charge in [-0.2, -0.15) is 5.10 Å². The van der Waals surface area contributed by atoms with Crippen LogP contribution in [0.1, 0.15) is 21.6 Å². The van der Waals surface area contributed by atoms with Crippen molar-refractivity contribution in [2.75, 3.05) is 5.32 Å². The molecule has 128 valence electrons. The van der Waals surface area contributed by atoms with Crippen LogP contribution in [0.3, 0.4) is 0 Å². The molecule has 0 atom stereocenters. The lowest BCUT2D eigenvalue weighted by Gasteiger charge is -2.11. The third-order valence-corrected chi connectivity index (χ3v) is 3.92. The van der Waals surface area contributed by atoms with Gasteiger partial charge in [-0.05, 0) is 18.6 Å². The van der Waals surface area contributed by atoms with E-state index in [-0.39, 0.29) is 0 Å². The first-order valence-electron chi connectivity index (χ1n) is 7.34. The monoisotopic (exact) mass is 362 g/mol. The second kappa shape index (κ2) is 6.98. The van der Waals surface area contributed by atoms with Crippen molar-refractivity contribution in [3.63, 3.8) is 0 Å². The molecule has 25 heavy (non-hydrogen) atoms. The van der Waals surface area contributed by atoms with E-state index in [0.717, 1.165) is 11.8 Å². The molecule has 0 bridgehead atoms. The summed E-state index contributed by atoms with van der Waals surface area (Å²) < 4.78 is 28.2. The summed E-state index contributed by atoms with van der Waals surface area (Å²) >= 11 is 6.15. The SMILES string of the molecule is Cc1cnn(Cc2ccccc2Cl)c1NC(=O)c1ncc(F)cc1F. The lowest BCUT2D eigenvalue weighted by atomic mass is 10.2. The molecule has 1 aromatic carbocycles. The first-order chi connectivity index (χ1) is 12.0. The summed E-state index contributed by atoms with van der Waals surface area (Å²) in [5.74, 6) is -2.29. The quantitative estimate of drug-likeness (QED) is 0.767. The van der Waals surface area contributed by atoms with Gasteiger partial charge in [0.1, 0.15) is 11.6 Å². The van der Waals surface area contributed by atoms with Gasteiger partial charge in [0.25, 0.3) is 5.91 Å². The van der Waals surface area contributed by atoms with Crippen molar-refractivity contribution >= 4 is 23.3 Å². The molecule has 0 saturated heterocycles. The standard InChI is InChI=1S/C17H13ClF2N4O/c1-10-7-22-24(9-11-4-2-3-5-13(11)18)16(10)23-17(25)15-14(20)6-12(19)8-21-15/h2-8H,9H2,1H3,(H,23,25). The summed E-state index contributed by atoms with van der Waals surface area (Å²) in [4.78, 5) is 15.8. The normalized spacial score (nSPS) is 10.7. The molecule has 0 unspecified atom stereocenters. The second-order valence-corrected chi connectivity index (χ2v) is 5.77. The molecule has 0 fully saturated rings. The van der Waals surface area contributed by atoms with E-state index in [0.29, 0.717) is 29.0 Å². The van der Waals surface area contributed by atoms with Crippen LogP contribution in [0.2, 0.25) is 5.02 Å². The Morgan fingerprint density at radius 1 is 1.28 bits per heavy atom. The van der Waals surface area contributed by atoms with Gasteiger partial charge < -0.3 is 5.32 Å². The minimum atomic E-state index is -1.03. The lowest BCUT2D eigenvalue weighted by molar-refractivity contribution is 0.101. The first-order valence-corrected chi connectivity index (χ1v) is 7.71. The maximum absolute atomic E-state index is 13.7. The average Bonchev–Trinajstić information content (AvgIpc) is 2.90. The summed E-state index contributed by atoms with van der Waals surface area (Å²) in [5.41, 5.74) is 1.00. The lowest BCUT2D eigenvalue weighted by Crippen LogP contribution is -2.19. The predicted octanol–water partition coefficient (Wildman–Crippen LogP) is 3.82. The highest BCUT2D eigenvalue weighted by atomic mass is 35.5. The topological polar surface area (TPSA) is 59.8 Å². The van der Waals surface area contributed by atoms with Gasteiger partial charge in [0.05, 0.1) is 18.9 Å². The van der Waals surface area contributed by atoms with Crippen molar-refractivity contribution < 1.29 is 13.6 Å². The van der Waals surface area contributed by atoms with Gasteiger partial charge in [-0.1, -0.05) is 29.8 Å². The Kier molecular flexibility index (Phi) is 4.76. The van der Waals surface area contributed by atoms with E-state index in [2.05, 4.69) is 15.4 Å². The number of anilines is 1. The summed E-state index contributed by atoms with van der Waals surface area (Å²) in [7, 11) is 0. The average molecular weight is 363 g/mol. The third-order valence-electron chi connectivity index (χ3n) is 3.56. The molecule has 2 aromatic heterocycles. The number of aromatic nitrogens is 3. The maximum Gasteiger partial charge on any atom is 0.278 e. The Morgan fingerprint density at radius 2 is 2.04 bits per heavy atom. The molecule has 0 aliphatic heterocycles. The minimum absolute atomic E-state index is 0.322. The molecule has 1 amide bonds. The second-order valence-electron chi connectivity index (χ2n) is 5.36. The van der Waals surface area contributed by atoms with Gasteiger partial charge in [0.15, 0.2) is 11.5 Å². The fourth-order valence-corrected chi connectivity index (χ4v) is 2.49. The van der Waals surface area contributed by atoms with E-state index in [1.165, 1.54) is 4.68 Å². The molecule has 3 aromatic rings. The van der Waals surface area contributed by atoms with Gasteiger partial charge in [0.2, 0.25) is 0 Å². The van der Waals surface area contributed by atoms with Crippen LogP contribution in [-0.2, 0) is 6.54 Å².